The summed E-state index contributed by atoms with van der Waals surface area (Å²) in [6.07, 6.45) is 0. The average molecular weight is 447 g/mol. The second kappa shape index (κ2) is 7.04. The third-order valence-electron chi connectivity index (χ3n) is 5.27. The molecular weight excluding hydrogens is 430 g/mol. The van der Waals surface area contributed by atoms with Gasteiger partial charge in [0.05, 0.1) is 4.88 Å². The summed E-state index contributed by atoms with van der Waals surface area (Å²) in [7, 11) is -4.13. The molecule has 1 saturated carbocycles. The SMILES string of the molecule is C[C@@H]1[C@H](c2ccccc2)[C@]1(NS(=O)(=O)c1ccc(-c2cc(C(N)=O)on2)s1)C(=O)O. The Balaban J connectivity index is 1.63. The fourth-order valence-corrected chi connectivity index (χ4v) is 6.40. The molecule has 30 heavy (non-hydrogen) atoms. The van der Waals surface area contributed by atoms with Crippen molar-refractivity contribution in [3.05, 3.63) is 59.9 Å². The summed E-state index contributed by atoms with van der Waals surface area (Å²) < 4.78 is 33.1. The number of thiophene rings is 1. The monoisotopic (exact) mass is 447 g/mol. The van der Waals surface area contributed by atoms with Crippen molar-refractivity contribution >= 4 is 33.2 Å². The van der Waals surface area contributed by atoms with Crippen LogP contribution in [0.3, 0.4) is 0 Å². The highest BCUT2D eigenvalue weighted by Crippen LogP contribution is 2.58. The number of nitrogens with zero attached hydrogens (tertiary/aromatic N) is 1. The number of aliphatic carboxylic acids is 1. The van der Waals surface area contributed by atoms with E-state index < -0.39 is 39.3 Å². The van der Waals surface area contributed by atoms with E-state index in [1.807, 2.05) is 6.07 Å². The number of carbonyl (C=O) groups is 2. The van der Waals surface area contributed by atoms with Gasteiger partial charge in [-0.2, -0.15) is 4.72 Å². The number of aromatic nitrogens is 1. The molecule has 0 spiro atoms. The third kappa shape index (κ3) is 3.20. The number of carbonyl (C=O) groups excluding carboxylic acids is 1. The lowest BCUT2D eigenvalue weighted by Crippen LogP contribution is -2.45. The largest absolute Gasteiger partial charge is 0.480 e. The van der Waals surface area contributed by atoms with E-state index in [-0.39, 0.29) is 15.7 Å². The fourth-order valence-electron chi connectivity index (χ4n) is 3.68. The molecule has 2 aromatic heterocycles. The van der Waals surface area contributed by atoms with Crippen molar-refractivity contribution in [2.24, 2.45) is 11.7 Å². The minimum absolute atomic E-state index is 0.0762. The summed E-state index contributed by atoms with van der Waals surface area (Å²) in [5, 5.41) is 13.6. The molecule has 3 atom stereocenters. The normalized spacial score (nSPS) is 23.2. The van der Waals surface area contributed by atoms with E-state index in [4.69, 9.17) is 10.3 Å². The van der Waals surface area contributed by atoms with Crippen molar-refractivity contribution in [3.63, 3.8) is 0 Å². The molecule has 2 heterocycles. The maximum atomic E-state index is 13.0. The molecule has 0 saturated heterocycles. The molecule has 1 aromatic carbocycles. The summed E-state index contributed by atoms with van der Waals surface area (Å²) in [6.45, 7) is 1.70. The number of nitrogens with one attached hydrogen (secondary N) is 1. The Morgan fingerprint density at radius 1 is 1.23 bits per heavy atom. The highest BCUT2D eigenvalue weighted by Gasteiger charge is 2.70. The molecule has 4 N–H and O–H groups in total. The number of hydrogen-bond acceptors (Lipinski definition) is 7. The molecule has 4 rings (SSSR count). The molecular formula is C19H17N3O6S2. The Hall–Kier alpha value is -3.02. The highest BCUT2D eigenvalue weighted by molar-refractivity contribution is 7.91. The third-order valence-corrected chi connectivity index (χ3v) is 8.35. The molecule has 0 unspecified atom stereocenters. The Bertz CT molecular complexity index is 1230. The van der Waals surface area contributed by atoms with Gasteiger partial charge in [-0.15, -0.1) is 11.3 Å². The maximum absolute atomic E-state index is 13.0. The van der Waals surface area contributed by atoms with E-state index in [0.29, 0.717) is 4.88 Å². The van der Waals surface area contributed by atoms with Gasteiger partial charge in [-0.05, 0) is 23.6 Å². The first kappa shape index (κ1) is 20.3. The van der Waals surface area contributed by atoms with Crippen molar-refractivity contribution in [2.75, 3.05) is 0 Å². The smallest absolute Gasteiger partial charge is 0.325 e. The van der Waals surface area contributed by atoms with Gasteiger partial charge in [0.1, 0.15) is 15.4 Å². The van der Waals surface area contributed by atoms with E-state index in [1.54, 1.807) is 31.2 Å². The second-order valence-electron chi connectivity index (χ2n) is 7.02. The summed E-state index contributed by atoms with van der Waals surface area (Å²) in [6, 6.07) is 13.1. The van der Waals surface area contributed by atoms with Crippen molar-refractivity contribution < 1.29 is 27.6 Å². The lowest BCUT2D eigenvalue weighted by Gasteiger charge is -2.15. The lowest BCUT2D eigenvalue weighted by atomic mass is 10.1. The van der Waals surface area contributed by atoms with Crippen LogP contribution in [-0.2, 0) is 14.8 Å². The Kier molecular flexibility index (Phi) is 4.76. The molecule has 9 nitrogen and oxygen atoms in total. The van der Waals surface area contributed by atoms with Gasteiger partial charge in [0.25, 0.3) is 15.9 Å². The highest BCUT2D eigenvalue weighted by atomic mass is 32.2. The standard InChI is InChI=1S/C19H17N3O6S2/c1-10-16(11-5-3-2-4-6-11)19(10,18(24)25)22-30(26,27)15-8-7-14(29-15)12-9-13(17(20)23)28-21-12/h2-10,16,22H,1H3,(H2,20,23)(H,24,25)/t10-,16-,19+/m1/s1. The number of hydrogen-bond donors (Lipinski definition) is 3. The van der Waals surface area contributed by atoms with Crippen LogP contribution in [0.15, 0.2) is 57.3 Å². The summed E-state index contributed by atoms with van der Waals surface area (Å²) in [5.41, 5.74) is 4.51. The molecule has 156 valence electrons. The van der Waals surface area contributed by atoms with Gasteiger partial charge in [0.15, 0.2) is 0 Å². The first-order valence-electron chi connectivity index (χ1n) is 8.86. The van der Waals surface area contributed by atoms with Crippen molar-refractivity contribution in [2.45, 2.75) is 22.6 Å². The van der Waals surface area contributed by atoms with Gasteiger partial charge >= 0.3 is 5.97 Å². The second-order valence-corrected chi connectivity index (χ2v) is 10.0. The van der Waals surface area contributed by atoms with Crippen LogP contribution in [0.1, 0.15) is 29.0 Å². The van der Waals surface area contributed by atoms with Crippen LogP contribution in [0.25, 0.3) is 10.6 Å². The van der Waals surface area contributed by atoms with Gasteiger partial charge in [0, 0.05) is 12.0 Å². The number of sulfonamides is 1. The quantitative estimate of drug-likeness (QED) is 0.501. The van der Waals surface area contributed by atoms with E-state index in [1.165, 1.54) is 18.2 Å². The number of rotatable bonds is 7. The number of amides is 1. The van der Waals surface area contributed by atoms with Gasteiger partial charge in [-0.1, -0.05) is 42.4 Å². The van der Waals surface area contributed by atoms with E-state index in [9.17, 15) is 23.1 Å². The number of nitrogens with two attached hydrogens (primary N) is 1. The Morgan fingerprint density at radius 3 is 2.53 bits per heavy atom. The summed E-state index contributed by atoms with van der Waals surface area (Å²) in [5.74, 6) is -3.09. The number of carboxylic acid groups (broad SMARTS) is 1. The predicted molar refractivity (Wildman–Crippen MR) is 107 cm³/mol. The van der Waals surface area contributed by atoms with E-state index in [2.05, 4.69) is 9.88 Å². The average Bonchev–Trinajstić information content (AvgIpc) is 3.14. The van der Waals surface area contributed by atoms with E-state index >= 15 is 0 Å². The molecule has 1 fully saturated rings. The van der Waals surface area contributed by atoms with E-state index in [0.717, 1.165) is 16.9 Å². The van der Waals surface area contributed by atoms with Crippen LogP contribution in [0.2, 0.25) is 0 Å². The molecule has 0 aliphatic heterocycles. The molecule has 1 aliphatic rings. The van der Waals surface area contributed by atoms with Crippen LogP contribution in [0, 0.1) is 5.92 Å². The fraction of sp³-hybridized carbons (Fsp3) is 0.211. The van der Waals surface area contributed by atoms with Crippen LogP contribution < -0.4 is 10.5 Å². The molecule has 1 aliphatic carbocycles. The molecule has 0 radical (unpaired) electrons. The van der Waals surface area contributed by atoms with Crippen LogP contribution in [0.4, 0.5) is 0 Å². The van der Waals surface area contributed by atoms with Crippen LogP contribution in [0.5, 0.6) is 0 Å². The minimum Gasteiger partial charge on any atom is -0.480 e. The molecule has 11 heteroatoms. The predicted octanol–water partition coefficient (Wildman–Crippen LogP) is 2.04. The number of primary amides is 1. The van der Waals surface area contributed by atoms with Gasteiger partial charge < -0.3 is 15.4 Å². The molecule has 1 amide bonds. The van der Waals surface area contributed by atoms with Crippen molar-refractivity contribution in [3.8, 4) is 10.6 Å². The van der Waals surface area contributed by atoms with Crippen LogP contribution in [-0.4, -0.2) is 36.1 Å². The molecule has 3 aromatic rings. The van der Waals surface area contributed by atoms with Crippen molar-refractivity contribution in [1.29, 1.82) is 0 Å². The van der Waals surface area contributed by atoms with Gasteiger partial charge in [0.2, 0.25) is 5.76 Å². The topological polar surface area (TPSA) is 153 Å². The Labute approximate surface area is 175 Å². The maximum Gasteiger partial charge on any atom is 0.325 e. The molecule has 0 bridgehead atoms. The zero-order chi connectivity index (χ0) is 21.7. The number of carboxylic acids is 1. The zero-order valence-electron chi connectivity index (χ0n) is 15.6. The summed E-state index contributed by atoms with van der Waals surface area (Å²) in [4.78, 5) is 23.7. The summed E-state index contributed by atoms with van der Waals surface area (Å²) >= 11 is 0.878. The zero-order valence-corrected chi connectivity index (χ0v) is 17.2. The number of benzene rings is 1. The minimum atomic E-state index is -4.13. The first-order valence-corrected chi connectivity index (χ1v) is 11.2. The van der Waals surface area contributed by atoms with Crippen molar-refractivity contribution in [1.82, 2.24) is 9.88 Å². The Morgan fingerprint density at radius 2 is 1.93 bits per heavy atom. The van der Waals surface area contributed by atoms with Crippen LogP contribution >= 0.6 is 11.3 Å². The first-order chi connectivity index (χ1) is 14.2. The van der Waals surface area contributed by atoms with Gasteiger partial charge in [-0.3, -0.25) is 9.59 Å². The van der Waals surface area contributed by atoms with Gasteiger partial charge in [-0.25, -0.2) is 8.42 Å². The lowest BCUT2D eigenvalue weighted by molar-refractivity contribution is -0.140.